The second-order valence-corrected chi connectivity index (χ2v) is 7.45. The van der Waals surface area contributed by atoms with Gasteiger partial charge in [-0.05, 0) is 36.4 Å². The molecule has 0 aliphatic carbocycles. The highest BCUT2D eigenvalue weighted by molar-refractivity contribution is 7.98. The third kappa shape index (κ3) is 3.66. The van der Waals surface area contributed by atoms with Crippen LogP contribution >= 0.6 is 23.4 Å². The molecule has 0 fully saturated rings. The van der Waals surface area contributed by atoms with E-state index in [1.807, 2.05) is 34.9 Å². The van der Waals surface area contributed by atoms with Crippen LogP contribution in [-0.2, 0) is 12.3 Å². The zero-order valence-corrected chi connectivity index (χ0v) is 16.4. The zero-order valence-electron chi connectivity index (χ0n) is 14.8. The number of thioether (sulfide) groups is 1. The van der Waals surface area contributed by atoms with Gasteiger partial charge in [-0.25, -0.2) is 4.39 Å². The molecule has 0 radical (unpaired) electrons. The Labute approximate surface area is 171 Å². The fourth-order valence-electron chi connectivity index (χ4n) is 2.92. The minimum absolute atomic E-state index is 0.322. The van der Waals surface area contributed by atoms with Crippen molar-refractivity contribution in [3.63, 3.8) is 0 Å². The predicted molar refractivity (Wildman–Crippen MR) is 112 cm³/mol. The highest BCUT2D eigenvalue weighted by Crippen LogP contribution is 2.30. The Morgan fingerprint density at radius 3 is 2.86 bits per heavy atom. The van der Waals surface area contributed by atoms with E-state index in [2.05, 4.69) is 21.8 Å². The molecular weight excluding hydrogens is 395 g/mol. The van der Waals surface area contributed by atoms with Crippen molar-refractivity contribution >= 4 is 34.3 Å². The number of hydrogen-bond donors (Lipinski definition) is 0. The number of aromatic nitrogens is 4. The molecule has 4 aromatic rings. The maximum Gasteiger partial charge on any atom is 0.192 e. The van der Waals surface area contributed by atoms with E-state index in [1.165, 1.54) is 17.8 Å². The Bertz CT molecular complexity index is 1140. The van der Waals surface area contributed by atoms with Crippen LogP contribution in [0, 0.1) is 5.82 Å². The van der Waals surface area contributed by atoms with E-state index in [0.29, 0.717) is 28.0 Å². The van der Waals surface area contributed by atoms with Crippen LogP contribution < -0.4 is 0 Å². The Morgan fingerprint density at radius 2 is 2.04 bits per heavy atom. The van der Waals surface area contributed by atoms with Gasteiger partial charge < -0.3 is 0 Å². The lowest BCUT2D eigenvalue weighted by atomic mass is 10.1. The summed E-state index contributed by atoms with van der Waals surface area (Å²) in [5.74, 6) is 0.771. The average Bonchev–Trinajstić information content (AvgIpc) is 3.10. The topological polar surface area (TPSA) is 43.6 Å². The van der Waals surface area contributed by atoms with E-state index in [1.54, 1.807) is 24.4 Å². The number of pyridine rings is 1. The van der Waals surface area contributed by atoms with Crippen molar-refractivity contribution < 1.29 is 4.39 Å². The fraction of sp³-hybridized carbons (Fsp3) is 0.0952. The largest absolute Gasteiger partial charge is 0.298 e. The van der Waals surface area contributed by atoms with Crippen molar-refractivity contribution in [3.05, 3.63) is 83.8 Å². The van der Waals surface area contributed by atoms with Gasteiger partial charge in [-0.3, -0.25) is 9.55 Å². The highest BCUT2D eigenvalue weighted by atomic mass is 35.5. The minimum atomic E-state index is -0.322. The van der Waals surface area contributed by atoms with E-state index in [0.717, 1.165) is 22.3 Å². The molecule has 28 heavy (non-hydrogen) atoms. The van der Waals surface area contributed by atoms with Gasteiger partial charge in [0.2, 0.25) is 0 Å². The molecule has 2 heterocycles. The number of nitrogens with zero attached hydrogens (tertiary/aromatic N) is 4. The lowest BCUT2D eigenvalue weighted by Gasteiger charge is -2.09. The molecule has 0 aliphatic heterocycles. The normalized spacial score (nSPS) is 11.1. The molecule has 7 heteroatoms. The van der Waals surface area contributed by atoms with Crippen LogP contribution in [0.15, 0.2) is 72.5 Å². The number of allylic oxidation sites excluding steroid dienone is 1. The summed E-state index contributed by atoms with van der Waals surface area (Å²) in [4.78, 5) is 4.35. The van der Waals surface area contributed by atoms with Crippen LogP contribution in [0.1, 0.15) is 5.56 Å². The quantitative estimate of drug-likeness (QED) is 0.299. The molecule has 0 aliphatic rings. The molecule has 0 N–H and O–H groups in total. The molecule has 0 saturated carbocycles. The maximum absolute atomic E-state index is 14.1. The van der Waals surface area contributed by atoms with E-state index in [9.17, 15) is 4.39 Å². The molecule has 4 nitrogen and oxygen atoms in total. The van der Waals surface area contributed by atoms with Crippen molar-refractivity contribution in [2.45, 2.75) is 17.5 Å². The first kappa shape index (κ1) is 18.7. The highest BCUT2D eigenvalue weighted by Gasteiger charge is 2.16. The van der Waals surface area contributed by atoms with Gasteiger partial charge in [0, 0.05) is 40.0 Å². The number of benzene rings is 2. The van der Waals surface area contributed by atoms with Crippen LogP contribution in [-0.4, -0.2) is 19.7 Å². The summed E-state index contributed by atoms with van der Waals surface area (Å²) in [5.41, 5.74) is 2.32. The van der Waals surface area contributed by atoms with Gasteiger partial charge in [0.05, 0.1) is 5.52 Å². The van der Waals surface area contributed by atoms with E-state index in [-0.39, 0.29) is 5.82 Å². The van der Waals surface area contributed by atoms with Gasteiger partial charge in [-0.1, -0.05) is 41.6 Å². The van der Waals surface area contributed by atoms with Crippen LogP contribution in [0.3, 0.4) is 0 Å². The molecular formula is C21H16ClFN4S. The molecule has 0 bridgehead atoms. The van der Waals surface area contributed by atoms with Crippen LogP contribution in [0.5, 0.6) is 0 Å². The first-order chi connectivity index (χ1) is 13.7. The second-order valence-electron chi connectivity index (χ2n) is 6.11. The predicted octanol–water partition coefficient (Wildman–Crippen LogP) is 5.76. The van der Waals surface area contributed by atoms with Gasteiger partial charge in [0.25, 0.3) is 0 Å². The maximum atomic E-state index is 14.1. The van der Waals surface area contributed by atoms with E-state index in [4.69, 9.17) is 11.6 Å². The summed E-state index contributed by atoms with van der Waals surface area (Å²) in [6, 6.07) is 14.6. The average molecular weight is 411 g/mol. The summed E-state index contributed by atoms with van der Waals surface area (Å²) in [6.45, 7) is 4.37. The van der Waals surface area contributed by atoms with E-state index >= 15 is 0 Å². The molecule has 0 spiro atoms. The lowest BCUT2D eigenvalue weighted by molar-refractivity contribution is 0.617. The van der Waals surface area contributed by atoms with Gasteiger partial charge >= 0.3 is 0 Å². The van der Waals surface area contributed by atoms with Crippen LogP contribution in [0.2, 0.25) is 5.02 Å². The Morgan fingerprint density at radius 1 is 1.14 bits per heavy atom. The SMILES string of the molecule is C=CCn1c(SCc2c(F)cccc2Cl)nnc1-c1ccc2ncccc2c1. The third-order valence-corrected chi connectivity index (χ3v) is 5.64. The van der Waals surface area contributed by atoms with Gasteiger partial charge in [-0.2, -0.15) is 0 Å². The van der Waals surface area contributed by atoms with Gasteiger partial charge in [0.15, 0.2) is 11.0 Å². The monoisotopic (exact) mass is 410 g/mol. The first-order valence-corrected chi connectivity index (χ1v) is 9.98. The van der Waals surface area contributed by atoms with E-state index < -0.39 is 0 Å². The molecule has 0 amide bonds. The summed E-state index contributed by atoms with van der Waals surface area (Å²) < 4.78 is 16.0. The van der Waals surface area contributed by atoms with Crippen LogP contribution in [0.4, 0.5) is 4.39 Å². The smallest absolute Gasteiger partial charge is 0.192 e. The summed E-state index contributed by atoms with van der Waals surface area (Å²) in [5, 5.41) is 10.8. The molecule has 2 aromatic carbocycles. The number of fused-ring (bicyclic) bond motifs is 1. The molecule has 0 unspecified atom stereocenters. The third-order valence-electron chi connectivity index (χ3n) is 4.30. The number of hydrogen-bond acceptors (Lipinski definition) is 4. The van der Waals surface area contributed by atoms with Crippen molar-refractivity contribution in [3.8, 4) is 11.4 Å². The minimum Gasteiger partial charge on any atom is -0.298 e. The molecule has 2 aromatic heterocycles. The lowest BCUT2D eigenvalue weighted by Crippen LogP contribution is -2.01. The zero-order chi connectivity index (χ0) is 19.5. The molecule has 140 valence electrons. The summed E-state index contributed by atoms with van der Waals surface area (Å²) in [7, 11) is 0. The molecule has 4 rings (SSSR count). The summed E-state index contributed by atoms with van der Waals surface area (Å²) in [6.07, 6.45) is 3.56. The number of rotatable bonds is 6. The Kier molecular flexibility index (Phi) is 5.41. The molecule has 0 atom stereocenters. The number of halogens is 2. The molecule has 0 saturated heterocycles. The van der Waals surface area contributed by atoms with Crippen molar-refractivity contribution in [1.29, 1.82) is 0 Å². The Hall–Kier alpha value is -2.70. The van der Waals surface area contributed by atoms with Crippen LogP contribution in [0.25, 0.3) is 22.3 Å². The second kappa shape index (κ2) is 8.12. The standard InChI is InChI=1S/C21H16ClFN4S/c1-2-11-27-20(15-8-9-19-14(12-15)5-4-10-24-19)25-26-21(27)28-13-16-17(22)6-3-7-18(16)23/h2-10,12H,1,11,13H2. The van der Waals surface area contributed by atoms with Crippen molar-refractivity contribution in [2.24, 2.45) is 0 Å². The van der Waals surface area contributed by atoms with Gasteiger partial charge in [0.1, 0.15) is 5.82 Å². The van der Waals surface area contributed by atoms with Crippen molar-refractivity contribution in [1.82, 2.24) is 19.7 Å². The fourth-order valence-corrected chi connectivity index (χ4v) is 4.22. The first-order valence-electron chi connectivity index (χ1n) is 8.62. The van der Waals surface area contributed by atoms with Gasteiger partial charge in [-0.15, -0.1) is 16.8 Å². The van der Waals surface area contributed by atoms with Crippen molar-refractivity contribution in [2.75, 3.05) is 0 Å². The Balaban J connectivity index is 1.68. The summed E-state index contributed by atoms with van der Waals surface area (Å²) >= 11 is 7.53.